The summed E-state index contributed by atoms with van der Waals surface area (Å²) in [6.07, 6.45) is 1.87. The number of halogens is 2. The van der Waals surface area contributed by atoms with E-state index >= 15 is 0 Å². The molecule has 0 aliphatic rings. The number of para-hydroxylation sites is 1. The van der Waals surface area contributed by atoms with E-state index in [1.165, 1.54) is 0 Å². The van der Waals surface area contributed by atoms with Gasteiger partial charge in [-0.15, -0.1) is 0 Å². The molecule has 0 aliphatic heterocycles. The quantitative estimate of drug-likeness (QED) is 0.728. The number of nitrogens with one attached hydrogen (secondary N) is 2. The maximum Gasteiger partial charge on any atom is 0.146 e. The summed E-state index contributed by atoms with van der Waals surface area (Å²) in [6.45, 7) is 0.435. The van der Waals surface area contributed by atoms with E-state index < -0.39 is 11.6 Å². The van der Waals surface area contributed by atoms with Crippen molar-refractivity contribution in [2.24, 2.45) is 0 Å². The van der Waals surface area contributed by atoms with Crippen LogP contribution in [0, 0.1) is 11.6 Å². The van der Waals surface area contributed by atoms with E-state index in [1.807, 2.05) is 30.5 Å². The molecule has 0 amide bonds. The van der Waals surface area contributed by atoms with Crippen LogP contribution < -0.4 is 5.32 Å². The number of aromatic amines is 1. The zero-order valence-electron chi connectivity index (χ0n) is 10.1. The average Bonchev–Trinajstić information content (AvgIpc) is 2.83. The molecule has 2 nitrogen and oxygen atoms in total. The van der Waals surface area contributed by atoms with E-state index in [1.54, 1.807) is 0 Å². The zero-order chi connectivity index (χ0) is 13.2. The van der Waals surface area contributed by atoms with Crippen molar-refractivity contribution >= 4 is 16.6 Å². The maximum absolute atomic E-state index is 13.5. The Bertz CT molecular complexity index is 719. The van der Waals surface area contributed by atoms with Crippen molar-refractivity contribution in [2.75, 3.05) is 5.32 Å². The molecular weight excluding hydrogens is 246 g/mol. The molecular formula is C15H12F2N2. The summed E-state index contributed by atoms with van der Waals surface area (Å²) in [5.41, 5.74) is 2.21. The molecule has 0 bridgehead atoms. The second kappa shape index (κ2) is 4.72. The van der Waals surface area contributed by atoms with Crippen LogP contribution >= 0.6 is 0 Å². The highest BCUT2D eigenvalue weighted by Gasteiger charge is 2.06. The third kappa shape index (κ3) is 2.29. The predicted molar refractivity (Wildman–Crippen MR) is 72.0 cm³/mol. The molecule has 0 atom stereocenters. The Hall–Kier alpha value is -2.36. The molecule has 0 aliphatic carbocycles. The average molecular weight is 258 g/mol. The van der Waals surface area contributed by atoms with Crippen LogP contribution in [0.4, 0.5) is 14.5 Å². The molecule has 1 aromatic heterocycles. The molecule has 2 N–H and O–H groups in total. The summed E-state index contributed by atoms with van der Waals surface area (Å²) < 4.78 is 26.5. The third-order valence-corrected chi connectivity index (χ3v) is 3.07. The summed E-state index contributed by atoms with van der Waals surface area (Å²) in [7, 11) is 0. The molecule has 0 unspecified atom stereocenters. The van der Waals surface area contributed by atoms with Crippen molar-refractivity contribution in [3.05, 3.63) is 65.9 Å². The second-order valence-electron chi connectivity index (χ2n) is 4.34. The van der Waals surface area contributed by atoms with Crippen LogP contribution in [0.25, 0.3) is 10.9 Å². The molecule has 2 aromatic carbocycles. The molecule has 0 saturated heterocycles. The standard InChI is InChI=1S/C15H12F2N2/c16-11-5-6-13(17)15(7-11)19-9-10-8-18-14-4-2-1-3-12(10)14/h1-8,18-19H,9H2. The van der Waals surface area contributed by atoms with Crippen molar-refractivity contribution in [1.29, 1.82) is 0 Å². The Morgan fingerprint density at radius 2 is 1.89 bits per heavy atom. The first-order valence-corrected chi connectivity index (χ1v) is 5.98. The summed E-state index contributed by atoms with van der Waals surface area (Å²) >= 11 is 0. The lowest BCUT2D eigenvalue weighted by atomic mass is 10.1. The van der Waals surface area contributed by atoms with Gasteiger partial charge in [-0.3, -0.25) is 0 Å². The zero-order valence-corrected chi connectivity index (χ0v) is 10.1. The highest BCUT2D eigenvalue weighted by Crippen LogP contribution is 2.20. The van der Waals surface area contributed by atoms with Crippen LogP contribution in [0.3, 0.4) is 0 Å². The largest absolute Gasteiger partial charge is 0.378 e. The summed E-state index contributed by atoms with van der Waals surface area (Å²) in [5, 5.41) is 3.99. The van der Waals surface area contributed by atoms with Gasteiger partial charge in [-0.25, -0.2) is 8.78 Å². The van der Waals surface area contributed by atoms with Gasteiger partial charge < -0.3 is 10.3 Å². The number of H-pyrrole nitrogens is 1. The van der Waals surface area contributed by atoms with Crippen molar-refractivity contribution in [1.82, 2.24) is 4.98 Å². The molecule has 0 saturated carbocycles. The monoisotopic (exact) mass is 258 g/mol. The number of hydrogen-bond donors (Lipinski definition) is 2. The molecule has 4 heteroatoms. The predicted octanol–water partition coefficient (Wildman–Crippen LogP) is 4.06. The van der Waals surface area contributed by atoms with Gasteiger partial charge in [0, 0.05) is 23.6 Å². The van der Waals surface area contributed by atoms with E-state index in [2.05, 4.69) is 10.3 Å². The number of benzene rings is 2. The van der Waals surface area contributed by atoms with Crippen molar-refractivity contribution in [2.45, 2.75) is 6.54 Å². The van der Waals surface area contributed by atoms with E-state index in [0.717, 1.165) is 34.7 Å². The Morgan fingerprint density at radius 1 is 1.05 bits per heavy atom. The van der Waals surface area contributed by atoms with Gasteiger partial charge in [-0.2, -0.15) is 0 Å². The molecule has 3 aromatic rings. The Morgan fingerprint density at radius 3 is 2.79 bits per heavy atom. The van der Waals surface area contributed by atoms with E-state index in [-0.39, 0.29) is 5.69 Å². The Labute approximate surface area is 109 Å². The van der Waals surface area contributed by atoms with Crippen LogP contribution in [0.15, 0.2) is 48.7 Å². The van der Waals surface area contributed by atoms with Crippen LogP contribution in [0.2, 0.25) is 0 Å². The first-order chi connectivity index (χ1) is 9.24. The molecule has 0 fully saturated rings. The van der Waals surface area contributed by atoms with Crippen LogP contribution in [-0.2, 0) is 6.54 Å². The smallest absolute Gasteiger partial charge is 0.146 e. The molecule has 1 heterocycles. The van der Waals surface area contributed by atoms with E-state index in [9.17, 15) is 8.78 Å². The van der Waals surface area contributed by atoms with Gasteiger partial charge in [0.25, 0.3) is 0 Å². The van der Waals surface area contributed by atoms with Crippen LogP contribution in [-0.4, -0.2) is 4.98 Å². The summed E-state index contributed by atoms with van der Waals surface area (Å²) in [5.74, 6) is -0.913. The van der Waals surface area contributed by atoms with Crippen molar-refractivity contribution in [3.63, 3.8) is 0 Å². The van der Waals surface area contributed by atoms with Gasteiger partial charge in [0.1, 0.15) is 11.6 Å². The molecule has 19 heavy (non-hydrogen) atoms. The lowest BCUT2D eigenvalue weighted by Gasteiger charge is -2.07. The fourth-order valence-electron chi connectivity index (χ4n) is 2.10. The first kappa shape index (κ1) is 11.7. The van der Waals surface area contributed by atoms with Gasteiger partial charge in [-0.1, -0.05) is 18.2 Å². The normalized spacial score (nSPS) is 10.8. The van der Waals surface area contributed by atoms with Gasteiger partial charge in [0.2, 0.25) is 0 Å². The number of hydrogen-bond acceptors (Lipinski definition) is 1. The maximum atomic E-state index is 13.5. The number of aromatic nitrogens is 1. The van der Waals surface area contributed by atoms with E-state index in [4.69, 9.17) is 0 Å². The molecule has 0 spiro atoms. The SMILES string of the molecule is Fc1ccc(F)c(NCc2c[nH]c3ccccc23)c1. The number of anilines is 1. The van der Waals surface area contributed by atoms with Crippen molar-refractivity contribution in [3.8, 4) is 0 Å². The second-order valence-corrected chi connectivity index (χ2v) is 4.34. The summed E-state index contributed by atoms with van der Waals surface area (Å²) in [4.78, 5) is 3.14. The molecule has 96 valence electrons. The molecule has 0 radical (unpaired) electrons. The Kier molecular flexibility index (Phi) is 2.91. The van der Waals surface area contributed by atoms with Crippen molar-refractivity contribution < 1.29 is 8.78 Å². The van der Waals surface area contributed by atoms with Crippen LogP contribution in [0.5, 0.6) is 0 Å². The minimum absolute atomic E-state index is 0.172. The van der Waals surface area contributed by atoms with Gasteiger partial charge in [-0.05, 0) is 29.8 Å². The summed E-state index contributed by atoms with van der Waals surface area (Å²) in [6, 6.07) is 11.2. The van der Waals surface area contributed by atoms with E-state index in [0.29, 0.717) is 6.54 Å². The number of fused-ring (bicyclic) bond motifs is 1. The van der Waals surface area contributed by atoms with Gasteiger partial charge in [0.05, 0.1) is 5.69 Å². The fraction of sp³-hybridized carbons (Fsp3) is 0.0667. The lowest BCUT2D eigenvalue weighted by Crippen LogP contribution is -2.01. The first-order valence-electron chi connectivity index (χ1n) is 5.98. The molecule has 3 rings (SSSR count). The Balaban J connectivity index is 1.84. The highest BCUT2D eigenvalue weighted by atomic mass is 19.1. The highest BCUT2D eigenvalue weighted by molar-refractivity contribution is 5.83. The van der Waals surface area contributed by atoms with Crippen LogP contribution in [0.1, 0.15) is 5.56 Å². The lowest BCUT2D eigenvalue weighted by molar-refractivity contribution is 0.602. The van der Waals surface area contributed by atoms with Gasteiger partial charge in [0.15, 0.2) is 0 Å². The fourth-order valence-corrected chi connectivity index (χ4v) is 2.10. The van der Waals surface area contributed by atoms with Gasteiger partial charge >= 0.3 is 0 Å². The third-order valence-electron chi connectivity index (χ3n) is 3.07. The minimum Gasteiger partial charge on any atom is -0.378 e. The minimum atomic E-state index is -0.457. The topological polar surface area (TPSA) is 27.8 Å². The number of rotatable bonds is 3.